The van der Waals surface area contributed by atoms with E-state index in [1.807, 2.05) is 6.92 Å². The number of sulfonamides is 1. The first-order valence-electron chi connectivity index (χ1n) is 6.36. The maximum Gasteiger partial charge on any atom is 0.261 e. The molecule has 0 bridgehead atoms. The van der Waals surface area contributed by atoms with Crippen LogP contribution in [0.15, 0.2) is 34.1 Å². The van der Waals surface area contributed by atoms with Crippen molar-refractivity contribution in [1.29, 1.82) is 0 Å². The molecule has 6 nitrogen and oxygen atoms in total. The van der Waals surface area contributed by atoms with E-state index in [1.54, 1.807) is 6.92 Å². The van der Waals surface area contributed by atoms with Gasteiger partial charge in [0.2, 0.25) is 10.0 Å². The van der Waals surface area contributed by atoms with E-state index in [4.69, 9.17) is 15.4 Å². The number of rotatable bonds is 8. The minimum absolute atomic E-state index is 0.109. The van der Waals surface area contributed by atoms with Crippen LogP contribution in [0.4, 0.5) is 0 Å². The zero-order valence-corrected chi connectivity index (χ0v) is 14.2. The topological polar surface area (TPSA) is 80.8 Å². The molecule has 0 atom stereocenters. The van der Waals surface area contributed by atoms with Gasteiger partial charge >= 0.3 is 0 Å². The van der Waals surface area contributed by atoms with E-state index in [0.717, 1.165) is 6.07 Å². The molecule has 0 fully saturated rings. The van der Waals surface area contributed by atoms with E-state index in [-0.39, 0.29) is 29.5 Å². The standard InChI is InChI=1S/C12H18ClNO5S2/c1-3-14(8-9-19-4-2)21(17,18)12-7-5-6-11(10-12)20(13,15)16/h5-7,10H,3-4,8-9H2,1-2H3. The van der Waals surface area contributed by atoms with Crippen LogP contribution < -0.4 is 0 Å². The summed E-state index contributed by atoms with van der Waals surface area (Å²) < 4.78 is 53.9. The SMILES string of the molecule is CCOCCN(CC)S(=O)(=O)c1cccc(S(=O)(=O)Cl)c1. The number of hydrogen-bond acceptors (Lipinski definition) is 5. The molecule has 0 saturated carbocycles. The highest BCUT2D eigenvalue weighted by Gasteiger charge is 2.24. The molecule has 0 amide bonds. The summed E-state index contributed by atoms with van der Waals surface area (Å²) in [5.74, 6) is 0. The number of hydrogen-bond donors (Lipinski definition) is 0. The summed E-state index contributed by atoms with van der Waals surface area (Å²) >= 11 is 0. The van der Waals surface area contributed by atoms with Crippen molar-refractivity contribution in [3.8, 4) is 0 Å². The largest absolute Gasteiger partial charge is 0.380 e. The second-order valence-electron chi connectivity index (χ2n) is 4.11. The minimum atomic E-state index is -3.97. The highest BCUT2D eigenvalue weighted by atomic mass is 35.7. The van der Waals surface area contributed by atoms with Crippen LogP contribution in [0.1, 0.15) is 13.8 Å². The number of ether oxygens (including phenoxy) is 1. The quantitative estimate of drug-likeness (QED) is 0.523. The van der Waals surface area contributed by atoms with Gasteiger partial charge in [0.25, 0.3) is 9.05 Å². The van der Waals surface area contributed by atoms with Crippen LogP contribution in [-0.4, -0.2) is 47.4 Å². The van der Waals surface area contributed by atoms with Crippen molar-refractivity contribution in [3.63, 3.8) is 0 Å². The Hall–Kier alpha value is -0.670. The molecule has 0 N–H and O–H groups in total. The van der Waals surface area contributed by atoms with Crippen LogP contribution in [0, 0.1) is 0 Å². The van der Waals surface area contributed by atoms with Gasteiger partial charge in [-0.1, -0.05) is 13.0 Å². The summed E-state index contributed by atoms with van der Waals surface area (Å²) in [5.41, 5.74) is 0. The summed E-state index contributed by atoms with van der Waals surface area (Å²) in [6.07, 6.45) is 0. The zero-order valence-electron chi connectivity index (χ0n) is 11.8. The highest BCUT2D eigenvalue weighted by Crippen LogP contribution is 2.21. The van der Waals surface area contributed by atoms with E-state index in [0.29, 0.717) is 6.61 Å². The van der Waals surface area contributed by atoms with Crippen LogP contribution in [0.5, 0.6) is 0 Å². The molecule has 0 unspecified atom stereocenters. The van der Waals surface area contributed by atoms with E-state index in [1.165, 1.54) is 22.5 Å². The van der Waals surface area contributed by atoms with Crippen LogP contribution in [0.25, 0.3) is 0 Å². The van der Waals surface area contributed by atoms with Crippen molar-refractivity contribution < 1.29 is 21.6 Å². The smallest absolute Gasteiger partial charge is 0.261 e. The van der Waals surface area contributed by atoms with Crippen LogP contribution in [0.2, 0.25) is 0 Å². The van der Waals surface area contributed by atoms with Gasteiger partial charge in [0.05, 0.1) is 16.4 Å². The Kier molecular flexibility index (Phi) is 6.61. The van der Waals surface area contributed by atoms with Crippen molar-refractivity contribution in [3.05, 3.63) is 24.3 Å². The van der Waals surface area contributed by atoms with Gasteiger partial charge in [-0.2, -0.15) is 4.31 Å². The molecule has 0 aliphatic heterocycles. The first kappa shape index (κ1) is 18.4. The molecule has 0 heterocycles. The molecule has 1 aromatic carbocycles. The molecule has 1 rings (SSSR count). The second-order valence-corrected chi connectivity index (χ2v) is 8.61. The summed E-state index contributed by atoms with van der Waals surface area (Å²) in [6.45, 7) is 4.75. The van der Waals surface area contributed by atoms with Gasteiger partial charge < -0.3 is 4.74 Å². The zero-order chi connectivity index (χ0) is 16.1. The molecule has 0 aliphatic carbocycles. The van der Waals surface area contributed by atoms with Crippen molar-refractivity contribution in [2.75, 3.05) is 26.3 Å². The Morgan fingerprint density at radius 1 is 1.14 bits per heavy atom. The number of halogens is 1. The molecular formula is C12H18ClNO5S2. The number of nitrogens with zero attached hydrogens (tertiary/aromatic N) is 1. The lowest BCUT2D eigenvalue weighted by atomic mass is 10.4. The fourth-order valence-electron chi connectivity index (χ4n) is 1.69. The van der Waals surface area contributed by atoms with Gasteiger partial charge in [0.15, 0.2) is 0 Å². The summed E-state index contributed by atoms with van der Waals surface area (Å²) in [5, 5.41) is 0. The van der Waals surface area contributed by atoms with Gasteiger partial charge in [-0.3, -0.25) is 0 Å². The molecule has 0 aliphatic rings. The number of likely N-dealkylation sites (N-methyl/N-ethyl adjacent to an activating group) is 1. The average Bonchev–Trinajstić information content (AvgIpc) is 2.42. The third-order valence-corrected chi connectivity index (χ3v) is 6.09. The maximum atomic E-state index is 12.5. The monoisotopic (exact) mass is 355 g/mol. The van der Waals surface area contributed by atoms with Gasteiger partial charge in [0.1, 0.15) is 0 Å². The molecule has 0 radical (unpaired) electrons. The fourth-order valence-corrected chi connectivity index (χ4v) is 4.05. The summed E-state index contributed by atoms with van der Waals surface area (Å²) in [6, 6.07) is 4.99. The molecule has 0 saturated heterocycles. The Morgan fingerprint density at radius 3 is 2.29 bits per heavy atom. The molecule has 21 heavy (non-hydrogen) atoms. The highest BCUT2D eigenvalue weighted by molar-refractivity contribution is 8.13. The fraction of sp³-hybridized carbons (Fsp3) is 0.500. The predicted octanol–water partition coefficient (Wildman–Crippen LogP) is 1.66. The lowest BCUT2D eigenvalue weighted by molar-refractivity contribution is 0.135. The van der Waals surface area contributed by atoms with E-state index in [2.05, 4.69) is 0 Å². The molecule has 0 aromatic heterocycles. The van der Waals surface area contributed by atoms with Crippen LogP contribution >= 0.6 is 10.7 Å². The van der Waals surface area contributed by atoms with Crippen molar-refractivity contribution >= 4 is 29.8 Å². The molecule has 9 heteroatoms. The molecule has 120 valence electrons. The average molecular weight is 356 g/mol. The summed E-state index contributed by atoms with van der Waals surface area (Å²) in [7, 11) is -2.52. The summed E-state index contributed by atoms with van der Waals surface area (Å²) in [4.78, 5) is -0.353. The molecule has 1 aromatic rings. The van der Waals surface area contributed by atoms with Gasteiger partial charge in [-0.25, -0.2) is 16.8 Å². The van der Waals surface area contributed by atoms with E-state index < -0.39 is 19.1 Å². The molecular weight excluding hydrogens is 338 g/mol. The Bertz CT molecular complexity index is 673. The Labute approximate surface area is 130 Å². The number of benzene rings is 1. The third kappa shape index (κ3) is 4.93. The van der Waals surface area contributed by atoms with Crippen molar-refractivity contribution in [1.82, 2.24) is 4.31 Å². The lowest BCUT2D eigenvalue weighted by Gasteiger charge is -2.20. The van der Waals surface area contributed by atoms with Crippen LogP contribution in [0.3, 0.4) is 0 Å². The maximum absolute atomic E-state index is 12.5. The van der Waals surface area contributed by atoms with Crippen molar-refractivity contribution in [2.24, 2.45) is 0 Å². The normalized spacial score (nSPS) is 12.8. The van der Waals surface area contributed by atoms with Gasteiger partial charge in [0, 0.05) is 30.4 Å². The first-order chi connectivity index (χ1) is 9.73. The predicted molar refractivity (Wildman–Crippen MR) is 80.4 cm³/mol. The Balaban J connectivity index is 3.11. The first-order valence-corrected chi connectivity index (χ1v) is 10.1. The van der Waals surface area contributed by atoms with Gasteiger partial charge in [-0.05, 0) is 25.1 Å². The molecule has 0 spiro atoms. The third-order valence-electron chi connectivity index (χ3n) is 2.77. The van der Waals surface area contributed by atoms with Crippen molar-refractivity contribution in [2.45, 2.75) is 23.6 Å². The van der Waals surface area contributed by atoms with Gasteiger partial charge in [-0.15, -0.1) is 0 Å². The van der Waals surface area contributed by atoms with E-state index >= 15 is 0 Å². The lowest BCUT2D eigenvalue weighted by Crippen LogP contribution is -2.34. The Morgan fingerprint density at radius 2 is 1.76 bits per heavy atom. The van der Waals surface area contributed by atoms with E-state index in [9.17, 15) is 16.8 Å². The van der Waals surface area contributed by atoms with Crippen LogP contribution in [-0.2, 0) is 23.8 Å². The minimum Gasteiger partial charge on any atom is -0.380 e. The second kappa shape index (κ2) is 7.55.